The first-order chi connectivity index (χ1) is 14.9. The Bertz CT molecular complexity index is 1240. The molecule has 0 saturated heterocycles. The van der Waals surface area contributed by atoms with Crippen molar-refractivity contribution in [3.8, 4) is 33.8 Å². The van der Waals surface area contributed by atoms with Crippen LogP contribution in [0.5, 0.6) is 0 Å². The molecule has 0 unspecified atom stereocenters. The molecule has 2 aromatic carbocycles. The second-order valence-electron chi connectivity index (χ2n) is 8.09. The molecule has 5 nitrogen and oxygen atoms in total. The van der Waals surface area contributed by atoms with Crippen molar-refractivity contribution >= 4 is 5.91 Å². The molecular formula is C26H26N4O. The van der Waals surface area contributed by atoms with Crippen LogP contribution in [0.25, 0.3) is 33.8 Å². The average molecular weight is 411 g/mol. The quantitative estimate of drug-likeness (QED) is 0.454. The molecule has 0 aliphatic heterocycles. The number of amides is 1. The van der Waals surface area contributed by atoms with Crippen LogP contribution in [0.15, 0.2) is 66.7 Å². The molecule has 2 aromatic heterocycles. The number of H-pyrrole nitrogens is 1. The van der Waals surface area contributed by atoms with Gasteiger partial charge in [-0.2, -0.15) is 0 Å². The normalized spacial score (nSPS) is 11.1. The zero-order valence-corrected chi connectivity index (χ0v) is 18.0. The zero-order chi connectivity index (χ0) is 22.0. The number of pyridine rings is 1. The zero-order valence-electron chi connectivity index (χ0n) is 18.0. The minimum absolute atomic E-state index is 0.230. The maximum absolute atomic E-state index is 11.3. The summed E-state index contributed by atoms with van der Waals surface area (Å²) >= 11 is 0. The Morgan fingerprint density at radius 1 is 0.935 bits per heavy atom. The topological polar surface area (TPSA) is 84.7 Å². The molecule has 1 amide bonds. The van der Waals surface area contributed by atoms with Gasteiger partial charge in [0.1, 0.15) is 5.82 Å². The molecule has 0 aliphatic carbocycles. The molecule has 4 aromatic rings. The Kier molecular flexibility index (Phi) is 5.67. The molecule has 3 N–H and O–H groups in total. The van der Waals surface area contributed by atoms with Gasteiger partial charge in [0.25, 0.3) is 0 Å². The number of aromatic amines is 1. The largest absolute Gasteiger partial charge is 0.369 e. The fraction of sp³-hybridized carbons (Fsp3) is 0.192. The van der Waals surface area contributed by atoms with Gasteiger partial charge in [-0.15, -0.1) is 0 Å². The van der Waals surface area contributed by atoms with E-state index < -0.39 is 0 Å². The van der Waals surface area contributed by atoms with Crippen LogP contribution in [-0.2, 0) is 11.2 Å². The van der Waals surface area contributed by atoms with Gasteiger partial charge < -0.3 is 10.7 Å². The molecule has 31 heavy (non-hydrogen) atoms. The van der Waals surface area contributed by atoms with Crippen molar-refractivity contribution in [3.63, 3.8) is 0 Å². The van der Waals surface area contributed by atoms with Gasteiger partial charge in [0, 0.05) is 17.2 Å². The third kappa shape index (κ3) is 4.56. The van der Waals surface area contributed by atoms with E-state index >= 15 is 0 Å². The fourth-order valence-electron chi connectivity index (χ4n) is 3.65. The number of hydrogen-bond acceptors (Lipinski definition) is 3. The second kappa shape index (κ2) is 8.56. The maximum atomic E-state index is 11.3. The summed E-state index contributed by atoms with van der Waals surface area (Å²) in [5.74, 6) is 0.868. The van der Waals surface area contributed by atoms with Crippen LogP contribution in [0.4, 0.5) is 0 Å². The van der Waals surface area contributed by atoms with Gasteiger partial charge >= 0.3 is 0 Å². The standard InChI is InChI=1S/C26H26N4O/c1-16(2)26-29-24(25(30-26)22-12-4-7-17(3)28-22)21-11-6-10-20(15-21)19-9-5-8-18(13-19)14-23(27)31/h4-13,15-16H,14H2,1-3H3,(H2,27,31)(H,29,30). The molecule has 4 rings (SSSR count). The highest BCUT2D eigenvalue weighted by atomic mass is 16.1. The van der Waals surface area contributed by atoms with Crippen LogP contribution in [-0.4, -0.2) is 20.9 Å². The van der Waals surface area contributed by atoms with Crippen LogP contribution in [0.1, 0.15) is 36.8 Å². The summed E-state index contributed by atoms with van der Waals surface area (Å²) in [6, 6.07) is 22.2. The summed E-state index contributed by atoms with van der Waals surface area (Å²) in [7, 11) is 0. The van der Waals surface area contributed by atoms with Crippen molar-refractivity contribution in [2.24, 2.45) is 5.73 Å². The number of nitrogens with zero attached hydrogens (tertiary/aromatic N) is 2. The Balaban J connectivity index is 1.80. The average Bonchev–Trinajstić information content (AvgIpc) is 3.20. The molecule has 2 heterocycles. The number of imidazole rings is 1. The van der Waals surface area contributed by atoms with Crippen molar-refractivity contribution in [1.82, 2.24) is 15.0 Å². The Morgan fingerprint density at radius 2 is 1.61 bits per heavy atom. The number of aryl methyl sites for hydroxylation is 1. The molecular weight excluding hydrogens is 384 g/mol. The van der Waals surface area contributed by atoms with Crippen molar-refractivity contribution in [1.29, 1.82) is 0 Å². The molecule has 0 saturated carbocycles. The number of rotatable bonds is 6. The lowest BCUT2D eigenvalue weighted by Gasteiger charge is -2.08. The highest BCUT2D eigenvalue weighted by Crippen LogP contribution is 2.33. The number of hydrogen-bond donors (Lipinski definition) is 2. The predicted octanol–water partition coefficient (Wildman–Crippen LogP) is 5.27. The molecule has 0 spiro atoms. The van der Waals surface area contributed by atoms with Gasteiger partial charge in [0.2, 0.25) is 5.91 Å². The molecule has 0 radical (unpaired) electrons. The first-order valence-electron chi connectivity index (χ1n) is 10.4. The summed E-state index contributed by atoms with van der Waals surface area (Å²) in [6.45, 7) is 6.23. The highest BCUT2D eigenvalue weighted by Gasteiger charge is 2.17. The predicted molar refractivity (Wildman–Crippen MR) is 124 cm³/mol. The van der Waals surface area contributed by atoms with E-state index in [0.29, 0.717) is 0 Å². The van der Waals surface area contributed by atoms with Gasteiger partial charge in [-0.25, -0.2) is 4.98 Å². The Labute approximate surface area is 182 Å². The van der Waals surface area contributed by atoms with Gasteiger partial charge in [-0.3, -0.25) is 9.78 Å². The number of carbonyl (C=O) groups excluding carboxylic acids is 1. The van der Waals surface area contributed by atoms with Crippen LogP contribution < -0.4 is 5.73 Å². The first-order valence-corrected chi connectivity index (χ1v) is 10.4. The maximum Gasteiger partial charge on any atom is 0.221 e. The van der Waals surface area contributed by atoms with E-state index in [9.17, 15) is 4.79 Å². The van der Waals surface area contributed by atoms with Crippen LogP contribution in [0.2, 0.25) is 0 Å². The molecule has 0 atom stereocenters. The number of nitrogens with one attached hydrogen (secondary N) is 1. The fourth-order valence-corrected chi connectivity index (χ4v) is 3.65. The van der Waals surface area contributed by atoms with Crippen molar-refractivity contribution in [3.05, 3.63) is 83.8 Å². The molecule has 0 bridgehead atoms. The van der Waals surface area contributed by atoms with E-state index in [-0.39, 0.29) is 18.2 Å². The minimum Gasteiger partial charge on any atom is -0.369 e. The van der Waals surface area contributed by atoms with E-state index in [2.05, 4.69) is 37.0 Å². The van der Waals surface area contributed by atoms with Crippen molar-refractivity contribution < 1.29 is 4.79 Å². The lowest BCUT2D eigenvalue weighted by molar-refractivity contribution is -0.117. The molecule has 0 fully saturated rings. The van der Waals surface area contributed by atoms with Crippen LogP contribution in [0, 0.1) is 6.92 Å². The summed E-state index contributed by atoms with van der Waals surface area (Å²) in [6.07, 6.45) is 0.230. The number of benzene rings is 2. The number of aromatic nitrogens is 3. The SMILES string of the molecule is Cc1cccc(-c2[nH]c(C(C)C)nc2-c2cccc(-c3cccc(CC(N)=O)c3)c2)n1. The van der Waals surface area contributed by atoms with Gasteiger partial charge in [-0.1, -0.05) is 62.4 Å². The summed E-state index contributed by atoms with van der Waals surface area (Å²) in [5.41, 5.74) is 13.0. The second-order valence-corrected chi connectivity index (χ2v) is 8.09. The monoisotopic (exact) mass is 410 g/mol. The van der Waals surface area contributed by atoms with E-state index in [0.717, 1.165) is 50.9 Å². The lowest BCUT2D eigenvalue weighted by Crippen LogP contribution is -2.13. The van der Waals surface area contributed by atoms with E-state index in [4.69, 9.17) is 15.7 Å². The number of carbonyl (C=O) groups is 1. The first kappa shape index (κ1) is 20.5. The smallest absolute Gasteiger partial charge is 0.221 e. The van der Waals surface area contributed by atoms with Crippen molar-refractivity contribution in [2.75, 3.05) is 0 Å². The molecule has 0 aliphatic rings. The third-order valence-corrected chi connectivity index (χ3v) is 5.19. The van der Waals surface area contributed by atoms with Gasteiger partial charge in [-0.05, 0) is 41.8 Å². The van der Waals surface area contributed by atoms with E-state index in [1.54, 1.807) is 0 Å². The third-order valence-electron chi connectivity index (χ3n) is 5.19. The van der Waals surface area contributed by atoms with Crippen LogP contribution in [0.3, 0.4) is 0 Å². The van der Waals surface area contributed by atoms with Gasteiger partial charge in [0.05, 0.1) is 23.5 Å². The number of primary amides is 1. The summed E-state index contributed by atoms with van der Waals surface area (Å²) in [4.78, 5) is 24.4. The Hall–Kier alpha value is -3.73. The summed E-state index contributed by atoms with van der Waals surface area (Å²) < 4.78 is 0. The van der Waals surface area contributed by atoms with Crippen molar-refractivity contribution in [2.45, 2.75) is 33.1 Å². The van der Waals surface area contributed by atoms with Crippen LogP contribution >= 0.6 is 0 Å². The number of nitrogens with two attached hydrogens (primary N) is 1. The molecule has 5 heteroatoms. The highest BCUT2D eigenvalue weighted by molar-refractivity contribution is 5.81. The molecule has 156 valence electrons. The van der Waals surface area contributed by atoms with E-state index in [1.807, 2.05) is 55.5 Å². The minimum atomic E-state index is -0.334. The van der Waals surface area contributed by atoms with E-state index in [1.165, 1.54) is 0 Å². The Morgan fingerprint density at radius 3 is 2.32 bits per heavy atom. The summed E-state index contributed by atoms with van der Waals surface area (Å²) in [5, 5.41) is 0. The van der Waals surface area contributed by atoms with Gasteiger partial charge in [0.15, 0.2) is 0 Å². The lowest BCUT2D eigenvalue weighted by atomic mass is 9.98.